The molecular weight excluding hydrogens is 361 g/mol. The molecule has 1 aromatic rings. The molecule has 5 nitrogen and oxygen atoms in total. The van der Waals surface area contributed by atoms with Gasteiger partial charge in [0.1, 0.15) is 10.7 Å². The van der Waals surface area contributed by atoms with Gasteiger partial charge >= 0.3 is 0 Å². The normalized spacial score (nSPS) is 19.1. The molecule has 0 aromatic heterocycles. The summed E-state index contributed by atoms with van der Waals surface area (Å²) in [7, 11) is -3.84. The first kappa shape index (κ1) is 16.4. The SMILES string of the molecule is CC(C#N)N1CCN(S(=O)(=O)c2ccc(Br)cc2F)CC1. The summed E-state index contributed by atoms with van der Waals surface area (Å²) in [6.07, 6.45) is 0. The van der Waals surface area contributed by atoms with Gasteiger partial charge in [-0.3, -0.25) is 4.90 Å². The number of rotatable bonds is 3. The Balaban J connectivity index is 2.17. The maximum Gasteiger partial charge on any atom is 0.246 e. The molecular formula is C13H15BrFN3O2S. The second-order valence-electron chi connectivity index (χ2n) is 4.82. The summed E-state index contributed by atoms with van der Waals surface area (Å²) >= 11 is 3.11. The second kappa shape index (κ2) is 6.40. The van der Waals surface area contributed by atoms with Crippen LogP contribution in [0.3, 0.4) is 0 Å². The molecule has 0 N–H and O–H groups in total. The van der Waals surface area contributed by atoms with Crippen molar-refractivity contribution in [2.24, 2.45) is 0 Å². The van der Waals surface area contributed by atoms with Crippen LogP contribution in [0.15, 0.2) is 27.6 Å². The van der Waals surface area contributed by atoms with Crippen LogP contribution in [0.5, 0.6) is 0 Å². The van der Waals surface area contributed by atoms with E-state index in [1.165, 1.54) is 16.4 Å². The number of nitrogens with zero attached hydrogens (tertiary/aromatic N) is 3. The first-order valence-electron chi connectivity index (χ1n) is 6.45. The van der Waals surface area contributed by atoms with E-state index in [1.807, 2.05) is 4.90 Å². The molecule has 2 rings (SSSR count). The smallest absolute Gasteiger partial charge is 0.246 e. The van der Waals surface area contributed by atoms with Gasteiger partial charge in [0.05, 0.1) is 12.1 Å². The fourth-order valence-corrected chi connectivity index (χ4v) is 4.04. The van der Waals surface area contributed by atoms with Crippen LogP contribution in [0.4, 0.5) is 4.39 Å². The Morgan fingerprint density at radius 1 is 1.33 bits per heavy atom. The van der Waals surface area contributed by atoms with Crippen LogP contribution < -0.4 is 0 Å². The zero-order chi connectivity index (χ0) is 15.6. The van der Waals surface area contributed by atoms with Gasteiger partial charge in [0.15, 0.2) is 0 Å². The zero-order valence-corrected chi connectivity index (χ0v) is 13.9. The first-order valence-corrected chi connectivity index (χ1v) is 8.68. The molecule has 1 aromatic carbocycles. The number of sulfonamides is 1. The van der Waals surface area contributed by atoms with Gasteiger partial charge in [0, 0.05) is 30.7 Å². The van der Waals surface area contributed by atoms with Crippen LogP contribution in [0.25, 0.3) is 0 Å². The minimum atomic E-state index is -3.84. The highest BCUT2D eigenvalue weighted by molar-refractivity contribution is 9.10. The van der Waals surface area contributed by atoms with Crippen LogP contribution in [-0.4, -0.2) is 49.8 Å². The molecule has 1 aliphatic rings. The minimum absolute atomic E-state index is 0.251. The summed E-state index contributed by atoms with van der Waals surface area (Å²) < 4.78 is 40.5. The highest BCUT2D eigenvalue weighted by atomic mass is 79.9. The average Bonchev–Trinajstić information content (AvgIpc) is 2.46. The number of nitriles is 1. The summed E-state index contributed by atoms with van der Waals surface area (Å²) in [5, 5.41) is 8.88. The van der Waals surface area contributed by atoms with Gasteiger partial charge in [-0.25, -0.2) is 12.8 Å². The molecule has 0 amide bonds. The molecule has 8 heteroatoms. The predicted octanol–water partition coefficient (Wildman–Crippen LogP) is 1.81. The van der Waals surface area contributed by atoms with E-state index in [9.17, 15) is 12.8 Å². The first-order chi connectivity index (χ1) is 9.86. The molecule has 1 fully saturated rings. The van der Waals surface area contributed by atoms with Gasteiger partial charge in [0.2, 0.25) is 10.0 Å². The van der Waals surface area contributed by atoms with E-state index < -0.39 is 15.8 Å². The van der Waals surface area contributed by atoms with Crippen molar-refractivity contribution < 1.29 is 12.8 Å². The van der Waals surface area contributed by atoms with Crippen molar-refractivity contribution in [3.63, 3.8) is 0 Å². The lowest BCUT2D eigenvalue weighted by Gasteiger charge is -2.35. The van der Waals surface area contributed by atoms with Crippen molar-refractivity contribution in [1.29, 1.82) is 5.26 Å². The highest BCUT2D eigenvalue weighted by Gasteiger charge is 2.31. The topological polar surface area (TPSA) is 64.4 Å². The molecule has 0 aliphatic carbocycles. The Morgan fingerprint density at radius 2 is 1.95 bits per heavy atom. The van der Waals surface area contributed by atoms with Crippen LogP contribution >= 0.6 is 15.9 Å². The Bertz CT molecular complexity index is 666. The van der Waals surface area contributed by atoms with Crippen LogP contribution in [0.2, 0.25) is 0 Å². The van der Waals surface area contributed by atoms with Gasteiger partial charge in [-0.2, -0.15) is 9.57 Å². The summed E-state index contributed by atoms with van der Waals surface area (Å²) in [6.45, 7) is 3.21. The lowest BCUT2D eigenvalue weighted by molar-refractivity contribution is 0.169. The molecule has 114 valence electrons. The lowest BCUT2D eigenvalue weighted by atomic mass is 10.2. The largest absolute Gasteiger partial charge is 0.286 e. The van der Waals surface area contributed by atoms with Crippen molar-refractivity contribution >= 4 is 26.0 Å². The van der Waals surface area contributed by atoms with Gasteiger partial charge in [-0.15, -0.1) is 0 Å². The van der Waals surface area contributed by atoms with Crippen LogP contribution in [0, 0.1) is 17.1 Å². The minimum Gasteiger partial charge on any atom is -0.286 e. The summed E-state index contributed by atoms with van der Waals surface area (Å²) in [4.78, 5) is 1.59. The van der Waals surface area contributed by atoms with E-state index in [1.54, 1.807) is 6.92 Å². The summed E-state index contributed by atoms with van der Waals surface area (Å²) in [5.41, 5.74) is 0. The maximum atomic E-state index is 13.9. The van der Waals surface area contributed by atoms with E-state index in [0.29, 0.717) is 17.6 Å². The Labute approximate surface area is 132 Å². The molecule has 1 saturated heterocycles. The summed E-state index contributed by atoms with van der Waals surface area (Å²) in [6, 6.07) is 5.78. The van der Waals surface area contributed by atoms with Gasteiger partial charge in [-0.05, 0) is 25.1 Å². The lowest BCUT2D eigenvalue weighted by Crippen LogP contribution is -2.51. The third-order valence-corrected chi connectivity index (χ3v) is 5.94. The third kappa shape index (κ3) is 3.43. The fourth-order valence-electron chi connectivity index (χ4n) is 2.24. The number of hydrogen-bond acceptors (Lipinski definition) is 4. The van der Waals surface area contributed by atoms with Crippen molar-refractivity contribution in [3.05, 3.63) is 28.5 Å². The number of benzene rings is 1. The predicted molar refractivity (Wildman–Crippen MR) is 79.5 cm³/mol. The van der Waals surface area contributed by atoms with Crippen molar-refractivity contribution in [1.82, 2.24) is 9.21 Å². The second-order valence-corrected chi connectivity index (χ2v) is 7.64. The van der Waals surface area contributed by atoms with Crippen molar-refractivity contribution in [2.75, 3.05) is 26.2 Å². The maximum absolute atomic E-state index is 13.9. The van der Waals surface area contributed by atoms with Crippen LogP contribution in [-0.2, 0) is 10.0 Å². The molecule has 0 bridgehead atoms. The van der Waals surface area contributed by atoms with Gasteiger partial charge in [0.25, 0.3) is 0 Å². The molecule has 1 heterocycles. The number of halogens is 2. The molecule has 0 spiro atoms. The van der Waals surface area contributed by atoms with Gasteiger partial charge in [-0.1, -0.05) is 15.9 Å². The van der Waals surface area contributed by atoms with Gasteiger partial charge < -0.3 is 0 Å². The monoisotopic (exact) mass is 375 g/mol. The van der Waals surface area contributed by atoms with E-state index >= 15 is 0 Å². The molecule has 0 saturated carbocycles. The molecule has 1 aliphatic heterocycles. The Morgan fingerprint density at radius 3 is 2.48 bits per heavy atom. The van der Waals surface area contributed by atoms with Crippen molar-refractivity contribution in [2.45, 2.75) is 17.9 Å². The number of hydrogen-bond donors (Lipinski definition) is 0. The van der Waals surface area contributed by atoms with E-state index in [2.05, 4.69) is 22.0 Å². The Kier molecular flexibility index (Phi) is 4.99. The molecule has 1 atom stereocenters. The highest BCUT2D eigenvalue weighted by Crippen LogP contribution is 2.23. The van der Waals surface area contributed by atoms with Crippen LogP contribution in [0.1, 0.15) is 6.92 Å². The molecule has 21 heavy (non-hydrogen) atoms. The molecule has 1 unspecified atom stereocenters. The third-order valence-electron chi connectivity index (χ3n) is 3.52. The standard InChI is InChI=1S/C13H15BrFN3O2S/c1-10(9-16)17-4-6-18(7-5-17)21(19,20)13-3-2-11(14)8-12(13)15/h2-3,8,10H,4-7H2,1H3. The molecule has 0 radical (unpaired) electrons. The summed E-state index contributed by atoms with van der Waals surface area (Å²) in [5.74, 6) is -0.766. The fraction of sp³-hybridized carbons (Fsp3) is 0.462. The van der Waals surface area contributed by atoms with E-state index in [-0.39, 0.29) is 24.0 Å². The quantitative estimate of drug-likeness (QED) is 0.807. The average molecular weight is 376 g/mol. The van der Waals surface area contributed by atoms with Crippen molar-refractivity contribution in [3.8, 4) is 6.07 Å². The number of piperazine rings is 1. The zero-order valence-electron chi connectivity index (χ0n) is 11.5. The van der Waals surface area contributed by atoms with E-state index in [0.717, 1.165) is 6.07 Å². The van der Waals surface area contributed by atoms with E-state index in [4.69, 9.17) is 5.26 Å². The Hall–Kier alpha value is -1.01.